The number of hydrogen-bond donors (Lipinski definition) is 1. The van der Waals surface area contributed by atoms with E-state index in [0.29, 0.717) is 17.8 Å². The van der Waals surface area contributed by atoms with Crippen LogP contribution in [0.2, 0.25) is 0 Å². The number of phenolic OH excluding ortho intramolecular Hbond substituents is 1. The van der Waals surface area contributed by atoms with Gasteiger partial charge in [0.2, 0.25) is 0 Å². The van der Waals surface area contributed by atoms with E-state index >= 15 is 0 Å². The molecule has 3 atom stereocenters. The second-order valence-electron chi connectivity index (χ2n) is 6.56. The molecule has 0 aromatic heterocycles. The first-order valence-corrected chi connectivity index (χ1v) is 7.91. The van der Waals surface area contributed by atoms with Gasteiger partial charge in [-0.05, 0) is 57.4 Å². The number of benzene rings is 1. The maximum absolute atomic E-state index is 9.37. The summed E-state index contributed by atoms with van der Waals surface area (Å²) in [5, 5.41) is 9.37. The summed E-state index contributed by atoms with van der Waals surface area (Å²) in [5.74, 6) is 0.356. The van der Waals surface area contributed by atoms with Crippen molar-refractivity contribution in [2.24, 2.45) is 0 Å². The van der Waals surface area contributed by atoms with Crippen LogP contribution in [0.3, 0.4) is 0 Å². The largest absolute Gasteiger partial charge is 0.508 e. The molecule has 3 heteroatoms. The van der Waals surface area contributed by atoms with Crippen LogP contribution in [0.1, 0.15) is 32.3 Å². The van der Waals surface area contributed by atoms with E-state index in [1.807, 2.05) is 12.1 Å². The molecule has 0 spiro atoms. The fraction of sp³-hybridized carbons (Fsp3) is 0.647. The second-order valence-corrected chi connectivity index (χ2v) is 6.56. The van der Waals surface area contributed by atoms with E-state index in [1.54, 1.807) is 12.1 Å². The van der Waals surface area contributed by atoms with Gasteiger partial charge in [-0.2, -0.15) is 0 Å². The highest BCUT2D eigenvalue weighted by Crippen LogP contribution is 2.26. The summed E-state index contributed by atoms with van der Waals surface area (Å²) >= 11 is 0. The number of nitrogens with zero attached hydrogens (tertiary/aromatic N) is 2. The van der Waals surface area contributed by atoms with Gasteiger partial charge in [-0.15, -0.1) is 0 Å². The van der Waals surface area contributed by atoms with Crippen molar-refractivity contribution in [1.29, 1.82) is 0 Å². The third-order valence-corrected chi connectivity index (χ3v) is 5.02. The Kier molecular flexibility index (Phi) is 3.99. The van der Waals surface area contributed by atoms with Crippen LogP contribution < -0.4 is 0 Å². The van der Waals surface area contributed by atoms with Crippen molar-refractivity contribution in [2.75, 3.05) is 19.6 Å². The molecule has 110 valence electrons. The van der Waals surface area contributed by atoms with E-state index in [9.17, 15) is 5.11 Å². The van der Waals surface area contributed by atoms with Crippen LogP contribution in [0.5, 0.6) is 5.75 Å². The third kappa shape index (κ3) is 2.84. The van der Waals surface area contributed by atoms with Crippen LogP contribution in [0, 0.1) is 0 Å². The summed E-state index contributed by atoms with van der Waals surface area (Å²) in [6.07, 6.45) is 3.81. The summed E-state index contributed by atoms with van der Waals surface area (Å²) < 4.78 is 0. The molecule has 20 heavy (non-hydrogen) atoms. The van der Waals surface area contributed by atoms with Gasteiger partial charge in [0.15, 0.2) is 0 Å². The van der Waals surface area contributed by atoms with E-state index in [-0.39, 0.29) is 0 Å². The number of aromatic hydroxyl groups is 1. The summed E-state index contributed by atoms with van der Waals surface area (Å²) in [6.45, 7) is 8.45. The lowest BCUT2D eigenvalue weighted by molar-refractivity contribution is 0.0332. The maximum Gasteiger partial charge on any atom is 0.115 e. The molecule has 2 aliphatic rings. The summed E-state index contributed by atoms with van der Waals surface area (Å²) in [6, 6.07) is 9.67. The lowest BCUT2D eigenvalue weighted by Crippen LogP contribution is -2.57. The van der Waals surface area contributed by atoms with Crippen molar-refractivity contribution >= 4 is 0 Å². The predicted molar refractivity (Wildman–Crippen MR) is 82.0 cm³/mol. The van der Waals surface area contributed by atoms with Crippen molar-refractivity contribution in [2.45, 2.75) is 51.2 Å². The molecule has 3 nitrogen and oxygen atoms in total. The molecule has 3 unspecified atom stereocenters. The zero-order chi connectivity index (χ0) is 14.1. The standard InChI is InChI=1S/C17H26N2O/c1-13(10-15-5-7-17(20)8-6-15)19-12-16-4-3-9-18(16)11-14(19)2/h5-8,13-14,16,20H,3-4,9-12H2,1-2H3. The predicted octanol–water partition coefficient (Wildman–Crippen LogP) is 2.49. The van der Waals surface area contributed by atoms with Gasteiger partial charge in [0, 0.05) is 31.2 Å². The van der Waals surface area contributed by atoms with Crippen LogP contribution in [-0.2, 0) is 6.42 Å². The zero-order valence-corrected chi connectivity index (χ0v) is 12.6. The topological polar surface area (TPSA) is 26.7 Å². The molecule has 2 heterocycles. The first kappa shape index (κ1) is 13.9. The smallest absolute Gasteiger partial charge is 0.115 e. The van der Waals surface area contributed by atoms with Crippen molar-refractivity contribution < 1.29 is 5.11 Å². The van der Waals surface area contributed by atoms with E-state index in [2.05, 4.69) is 23.6 Å². The molecule has 0 aliphatic carbocycles. The lowest BCUT2D eigenvalue weighted by atomic mass is 10.0. The molecule has 0 bridgehead atoms. The average molecular weight is 274 g/mol. The molecule has 1 aromatic carbocycles. The Labute approximate surface area is 122 Å². The Balaban J connectivity index is 1.64. The van der Waals surface area contributed by atoms with Crippen LogP contribution >= 0.6 is 0 Å². The molecule has 2 aliphatic heterocycles. The summed E-state index contributed by atoms with van der Waals surface area (Å²) in [7, 11) is 0. The van der Waals surface area contributed by atoms with Gasteiger partial charge in [-0.3, -0.25) is 9.80 Å². The van der Waals surface area contributed by atoms with Gasteiger partial charge in [0.05, 0.1) is 0 Å². The molecule has 0 saturated carbocycles. The Morgan fingerprint density at radius 1 is 1.25 bits per heavy atom. The van der Waals surface area contributed by atoms with E-state index in [0.717, 1.165) is 12.5 Å². The summed E-state index contributed by atoms with van der Waals surface area (Å²) in [5.41, 5.74) is 1.32. The lowest BCUT2D eigenvalue weighted by Gasteiger charge is -2.45. The molecule has 2 saturated heterocycles. The quantitative estimate of drug-likeness (QED) is 0.917. The minimum atomic E-state index is 0.356. The highest BCUT2D eigenvalue weighted by Gasteiger charge is 2.35. The third-order valence-electron chi connectivity index (χ3n) is 5.02. The van der Waals surface area contributed by atoms with Crippen molar-refractivity contribution in [3.8, 4) is 5.75 Å². The summed E-state index contributed by atoms with van der Waals surface area (Å²) in [4.78, 5) is 5.35. The Hall–Kier alpha value is -1.06. The molecule has 0 amide bonds. The Morgan fingerprint density at radius 3 is 2.75 bits per heavy atom. The number of hydrogen-bond acceptors (Lipinski definition) is 3. The molecule has 1 aromatic rings. The second kappa shape index (κ2) is 5.74. The van der Waals surface area contributed by atoms with Crippen molar-refractivity contribution in [1.82, 2.24) is 9.80 Å². The monoisotopic (exact) mass is 274 g/mol. The van der Waals surface area contributed by atoms with E-state index < -0.39 is 0 Å². The fourth-order valence-electron chi connectivity index (χ4n) is 3.91. The highest BCUT2D eigenvalue weighted by molar-refractivity contribution is 5.26. The van der Waals surface area contributed by atoms with E-state index in [4.69, 9.17) is 0 Å². The first-order valence-electron chi connectivity index (χ1n) is 7.91. The first-order chi connectivity index (χ1) is 9.63. The Morgan fingerprint density at radius 2 is 2.00 bits per heavy atom. The molecular weight excluding hydrogens is 248 g/mol. The van der Waals surface area contributed by atoms with Crippen LogP contribution in [0.4, 0.5) is 0 Å². The van der Waals surface area contributed by atoms with E-state index in [1.165, 1.54) is 38.0 Å². The van der Waals surface area contributed by atoms with Gasteiger partial charge in [0.25, 0.3) is 0 Å². The SMILES string of the molecule is CC(Cc1ccc(O)cc1)N1CC2CCCN2CC1C. The fourth-order valence-corrected chi connectivity index (χ4v) is 3.91. The maximum atomic E-state index is 9.37. The van der Waals surface area contributed by atoms with Crippen molar-refractivity contribution in [3.63, 3.8) is 0 Å². The van der Waals surface area contributed by atoms with Crippen molar-refractivity contribution in [3.05, 3.63) is 29.8 Å². The van der Waals surface area contributed by atoms with Gasteiger partial charge >= 0.3 is 0 Å². The van der Waals surface area contributed by atoms with Gasteiger partial charge < -0.3 is 5.11 Å². The minimum Gasteiger partial charge on any atom is -0.508 e. The normalized spacial score (nSPS) is 29.3. The molecule has 3 rings (SSSR count). The highest BCUT2D eigenvalue weighted by atomic mass is 16.3. The average Bonchev–Trinajstić information content (AvgIpc) is 2.87. The molecule has 2 fully saturated rings. The van der Waals surface area contributed by atoms with Gasteiger partial charge in [-0.25, -0.2) is 0 Å². The van der Waals surface area contributed by atoms with Gasteiger partial charge in [-0.1, -0.05) is 12.1 Å². The van der Waals surface area contributed by atoms with Crippen LogP contribution in [0.25, 0.3) is 0 Å². The van der Waals surface area contributed by atoms with Crippen LogP contribution in [-0.4, -0.2) is 52.7 Å². The number of piperazine rings is 1. The molecular formula is C17H26N2O. The minimum absolute atomic E-state index is 0.356. The number of rotatable bonds is 3. The van der Waals surface area contributed by atoms with Crippen LogP contribution in [0.15, 0.2) is 24.3 Å². The Bertz CT molecular complexity index is 445. The molecule has 1 N–H and O–H groups in total. The number of fused-ring (bicyclic) bond motifs is 1. The van der Waals surface area contributed by atoms with Gasteiger partial charge in [0.1, 0.15) is 5.75 Å². The number of phenols is 1. The zero-order valence-electron chi connectivity index (χ0n) is 12.6. The molecule has 0 radical (unpaired) electrons.